The number of allylic oxidation sites excluding steroid dienone is 1. The number of hydrogen-bond acceptors (Lipinski definition) is 3. The topological polar surface area (TPSA) is 63.3 Å². The molecule has 0 spiro atoms. The Morgan fingerprint density at radius 1 is 1.44 bits per heavy atom. The summed E-state index contributed by atoms with van der Waals surface area (Å²) in [6.07, 6.45) is 3.10. The van der Waals surface area contributed by atoms with Crippen LogP contribution in [0.2, 0.25) is 0 Å². The summed E-state index contributed by atoms with van der Waals surface area (Å²) in [6, 6.07) is 9.40. The summed E-state index contributed by atoms with van der Waals surface area (Å²) in [5.74, 6) is 0.434. The second-order valence-electron chi connectivity index (χ2n) is 4.17. The quantitative estimate of drug-likeness (QED) is 0.744. The molecule has 1 aromatic rings. The zero-order valence-electron chi connectivity index (χ0n) is 10.5. The van der Waals surface area contributed by atoms with Crippen molar-refractivity contribution in [1.29, 1.82) is 0 Å². The third-order valence-corrected chi connectivity index (χ3v) is 3.56. The molecule has 1 aromatic carbocycles. The summed E-state index contributed by atoms with van der Waals surface area (Å²) in [5.41, 5.74) is 7.91. The van der Waals surface area contributed by atoms with Gasteiger partial charge in [0.2, 0.25) is 0 Å². The third kappa shape index (κ3) is 5.89. The number of nitrogens with two attached hydrogens (primary N) is 1. The Kier molecular flexibility index (Phi) is 6.54. The van der Waals surface area contributed by atoms with Gasteiger partial charge < -0.3 is 10.8 Å². The van der Waals surface area contributed by atoms with Crippen LogP contribution in [0.5, 0.6) is 0 Å². The molecule has 18 heavy (non-hydrogen) atoms. The summed E-state index contributed by atoms with van der Waals surface area (Å²) in [5, 5.41) is 8.64. The van der Waals surface area contributed by atoms with Crippen molar-refractivity contribution in [2.24, 2.45) is 5.73 Å². The lowest BCUT2D eigenvalue weighted by atomic mass is 10.1. The van der Waals surface area contributed by atoms with Crippen molar-refractivity contribution in [3.63, 3.8) is 0 Å². The van der Waals surface area contributed by atoms with E-state index in [9.17, 15) is 4.79 Å². The third-order valence-electron chi connectivity index (χ3n) is 2.47. The maximum atomic E-state index is 10.5. The molecule has 0 bridgehead atoms. The number of aliphatic carboxylic acids is 1. The molecule has 0 saturated carbocycles. The smallest absolute Gasteiger partial charge is 0.321 e. The van der Waals surface area contributed by atoms with Crippen LogP contribution in [0, 0.1) is 0 Å². The Morgan fingerprint density at radius 3 is 2.72 bits per heavy atom. The molecule has 3 nitrogen and oxygen atoms in total. The number of hydrogen-bond donors (Lipinski definition) is 2. The molecule has 0 radical (unpaired) electrons. The van der Waals surface area contributed by atoms with Gasteiger partial charge in [0, 0.05) is 5.75 Å². The van der Waals surface area contributed by atoms with Crippen LogP contribution in [-0.2, 0) is 4.79 Å². The van der Waals surface area contributed by atoms with Crippen LogP contribution in [0.1, 0.15) is 18.9 Å². The zero-order chi connectivity index (χ0) is 13.4. The van der Waals surface area contributed by atoms with Crippen LogP contribution in [0.25, 0.3) is 6.08 Å². The summed E-state index contributed by atoms with van der Waals surface area (Å²) in [6.45, 7) is 2.09. The highest BCUT2D eigenvalue weighted by molar-refractivity contribution is 7.99. The molecule has 3 N–H and O–H groups in total. The number of carboxylic acid groups (broad SMARTS) is 1. The van der Waals surface area contributed by atoms with E-state index in [0.29, 0.717) is 5.75 Å². The van der Waals surface area contributed by atoms with Crippen molar-refractivity contribution in [2.45, 2.75) is 19.4 Å². The molecular weight excluding hydrogens is 246 g/mol. The number of rotatable bonds is 7. The van der Waals surface area contributed by atoms with Gasteiger partial charge in [0.25, 0.3) is 0 Å². The highest BCUT2D eigenvalue weighted by Crippen LogP contribution is 2.13. The van der Waals surface area contributed by atoms with E-state index in [1.807, 2.05) is 18.2 Å². The molecule has 0 aliphatic rings. The van der Waals surface area contributed by atoms with E-state index in [1.165, 1.54) is 11.1 Å². The summed E-state index contributed by atoms with van der Waals surface area (Å²) < 4.78 is 0. The van der Waals surface area contributed by atoms with E-state index < -0.39 is 12.0 Å². The Bertz CT molecular complexity index is 404. The van der Waals surface area contributed by atoms with Crippen LogP contribution in [0.4, 0.5) is 0 Å². The van der Waals surface area contributed by atoms with E-state index >= 15 is 0 Å². The largest absolute Gasteiger partial charge is 0.480 e. The van der Waals surface area contributed by atoms with Crippen molar-refractivity contribution in [2.75, 3.05) is 11.5 Å². The standard InChI is InChI=1S/C14H19NO2S/c1-11(9-12-5-3-2-4-6-12)7-8-18-10-13(15)14(16)17/h2-6,9,13H,7-8,10,15H2,1H3,(H,16,17). The van der Waals surface area contributed by atoms with Gasteiger partial charge in [0.1, 0.15) is 6.04 Å². The fourth-order valence-electron chi connectivity index (χ4n) is 1.42. The van der Waals surface area contributed by atoms with Crippen LogP contribution in [-0.4, -0.2) is 28.6 Å². The molecule has 1 unspecified atom stereocenters. The Morgan fingerprint density at radius 2 is 2.11 bits per heavy atom. The predicted octanol–water partition coefficient (Wildman–Crippen LogP) is 2.63. The molecule has 1 atom stereocenters. The van der Waals surface area contributed by atoms with Gasteiger partial charge >= 0.3 is 5.97 Å². The monoisotopic (exact) mass is 265 g/mol. The Balaban J connectivity index is 2.27. The number of carbonyl (C=O) groups is 1. The van der Waals surface area contributed by atoms with E-state index in [1.54, 1.807) is 11.8 Å². The van der Waals surface area contributed by atoms with Gasteiger partial charge in [0.05, 0.1) is 0 Å². The molecule has 0 aromatic heterocycles. The second kappa shape index (κ2) is 7.95. The van der Waals surface area contributed by atoms with E-state index in [4.69, 9.17) is 10.8 Å². The SMILES string of the molecule is CC(=Cc1ccccc1)CCSCC(N)C(=O)O. The maximum absolute atomic E-state index is 10.5. The van der Waals surface area contributed by atoms with Crippen molar-refractivity contribution in [1.82, 2.24) is 0 Å². The minimum atomic E-state index is -0.931. The van der Waals surface area contributed by atoms with E-state index in [2.05, 4.69) is 25.1 Å². The van der Waals surface area contributed by atoms with Crippen LogP contribution in [0.3, 0.4) is 0 Å². The van der Waals surface area contributed by atoms with Gasteiger partial charge in [-0.1, -0.05) is 42.0 Å². The normalized spacial score (nSPS) is 13.3. The van der Waals surface area contributed by atoms with Crippen LogP contribution >= 0.6 is 11.8 Å². The summed E-state index contributed by atoms with van der Waals surface area (Å²) >= 11 is 1.58. The van der Waals surface area contributed by atoms with Gasteiger partial charge in [-0.25, -0.2) is 0 Å². The number of thioether (sulfide) groups is 1. The first-order valence-electron chi connectivity index (χ1n) is 5.88. The fourth-order valence-corrected chi connectivity index (χ4v) is 2.45. The lowest BCUT2D eigenvalue weighted by Gasteiger charge is -2.06. The lowest BCUT2D eigenvalue weighted by Crippen LogP contribution is -2.32. The molecule has 0 aliphatic heterocycles. The summed E-state index contributed by atoms with van der Waals surface area (Å²) in [7, 11) is 0. The zero-order valence-corrected chi connectivity index (χ0v) is 11.3. The Labute approximate surface area is 112 Å². The van der Waals surface area contributed by atoms with Crippen LogP contribution < -0.4 is 5.73 Å². The molecule has 0 fully saturated rings. The molecular formula is C14H19NO2S. The van der Waals surface area contributed by atoms with Crippen molar-refractivity contribution in [3.8, 4) is 0 Å². The first-order chi connectivity index (χ1) is 8.59. The van der Waals surface area contributed by atoms with Gasteiger partial charge in [-0.3, -0.25) is 4.79 Å². The van der Waals surface area contributed by atoms with Gasteiger partial charge in [-0.15, -0.1) is 0 Å². The fraction of sp³-hybridized carbons (Fsp3) is 0.357. The molecule has 98 valence electrons. The van der Waals surface area contributed by atoms with Gasteiger partial charge in [-0.05, 0) is 24.7 Å². The first-order valence-corrected chi connectivity index (χ1v) is 7.03. The van der Waals surface area contributed by atoms with Crippen molar-refractivity contribution in [3.05, 3.63) is 41.5 Å². The highest BCUT2D eigenvalue weighted by atomic mass is 32.2. The number of carboxylic acids is 1. The molecule has 4 heteroatoms. The first kappa shape index (κ1) is 14.8. The molecule has 0 amide bonds. The molecule has 1 rings (SSSR count). The van der Waals surface area contributed by atoms with E-state index in [-0.39, 0.29) is 0 Å². The van der Waals surface area contributed by atoms with E-state index in [0.717, 1.165) is 12.2 Å². The van der Waals surface area contributed by atoms with Crippen LogP contribution in [0.15, 0.2) is 35.9 Å². The van der Waals surface area contributed by atoms with Gasteiger partial charge in [-0.2, -0.15) is 11.8 Å². The maximum Gasteiger partial charge on any atom is 0.321 e. The average Bonchev–Trinajstić information content (AvgIpc) is 2.35. The average molecular weight is 265 g/mol. The Hall–Kier alpha value is -1.26. The number of benzene rings is 1. The van der Waals surface area contributed by atoms with Crippen molar-refractivity contribution >= 4 is 23.8 Å². The minimum Gasteiger partial charge on any atom is -0.480 e. The molecule has 0 saturated heterocycles. The molecule has 0 heterocycles. The minimum absolute atomic E-state index is 0.466. The van der Waals surface area contributed by atoms with Crippen molar-refractivity contribution < 1.29 is 9.90 Å². The second-order valence-corrected chi connectivity index (χ2v) is 5.32. The lowest BCUT2D eigenvalue weighted by molar-refractivity contribution is -0.137. The molecule has 0 aliphatic carbocycles. The summed E-state index contributed by atoms with van der Waals surface area (Å²) in [4.78, 5) is 10.5. The highest BCUT2D eigenvalue weighted by Gasteiger charge is 2.10. The predicted molar refractivity (Wildman–Crippen MR) is 77.6 cm³/mol. The van der Waals surface area contributed by atoms with Gasteiger partial charge in [0.15, 0.2) is 0 Å².